The first-order chi connectivity index (χ1) is 16.0. The van der Waals surface area contributed by atoms with Crippen LogP contribution in [0.2, 0.25) is 0 Å². The number of methoxy groups -OCH3 is 3. The molecule has 1 amide bonds. The van der Waals surface area contributed by atoms with Gasteiger partial charge in [0.1, 0.15) is 5.75 Å². The van der Waals surface area contributed by atoms with E-state index in [1.165, 1.54) is 0 Å². The molecule has 0 spiro atoms. The summed E-state index contributed by atoms with van der Waals surface area (Å²) in [5.41, 5.74) is 4.30. The molecule has 7 heteroatoms. The second kappa shape index (κ2) is 9.73. The van der Waals surface area contributed by atoms with Crippen molar-refractivity contribution in [2.45, 2.75) is 39.0 Å². The lowest BCUT2D eigenvalue weighted by molar-refractivity contribution is -0.142. The number of benzene rings is 2. The molecule has 2 aliphatic rings. The molecule has 4 rings (SSSR count). The van der Waals surface area contributed by atoms with E-state index in [9.17, 15) is 9.59 Å². The van der Waals surface area contributed by atoms with Crippen molar-refractivity contribution >= 4 is 11.9 Å². The van der Waals surface area contributed by atoms with Gasteiger partial charge in [0.15, 0.2) is 11.5 Å². The van der Waals surface area contributed by atoms with E-state index < -0.39 is 0 Å². The lowest BCUT2D eigenvalue weighted by Crippen LogP contribution is -2.40. The lowest BCUT2D eigenvalue weighted by Gasteiger charge is -2.30. The zero-order valence-electron chi connectivity index (χ0n) is 19.7. The van der Waals surface area contributed by atoms with Gasteiger partial charge in [-0.2, -0.15) is 0 Å². The summed E-state index contributed by atoms with van der Waals surface area (Å²) < 4.78 is 22.7. The molecule has 0 unspecified atom stereocenters. The molecule has 0 bridgehead atoms. The fraction of sp³-hybridized carbons (Fsp3) is 0.462. The van der Waals surface area contributed by atoms with Crippen LogP contribution in [0, 0.1) is 5.92 Å². The van der Waals surface area contributed by atoms with E-state index in [1.54, 1.807) is 33.2 Å². The molecule has 176 valence electrons. The third kappa shape index (κ3) is 4.49. The zero-order chi connectivity index (χ0) is 23.5. The summed E-state index contributed by atoms with van der Waals surface area (Å²) in [5, 5.41) is 0. The van der Waals surface area contributed by atoms with Crippen LogP contribution in [0.25, 0.3) is 11.1 Å². The number of esters is 1. The number of hydrogen-bond acceptors (Lipinski definition) is 6. The number of carbonyl (C=O) groups is 2. The Labute approximate surface area is 194 Å². The van der Waals surface area contributed by atoms with Crippen LogP contribution in [0.3, 0.4) is 0 Å². The number of carbonyl (C=O) groups excluding carboxylic acids is 2. The van der Waals surface area contributed by atoms with Gasteiger partial charge in [-0.15, -0.1) is 0 Å². The second-order valence-electron chi connectivity index (χ2n) is 8.55. The van der Waals surface area contributed by atoms with Crippen molar-refractivity contribution in [3.05, 3.63) is 35.4 Å². The maximum absolute atomic E-state index is 12.8. The zero-order valence-corrected chi connectivity index (χ0v) is 19.7. The summed E-state index contributed by atoms with van der Waals surface area (Å²) in [6, 6.07) is 7.82. The number of nitrogens with zero attached hydrogens (tertiary/aromatic N) is 1. The molecule has 2 aromatic carbocycles. The van der Waals surface area contributed by atoms with Gasteiger partial charge in [-0.05, 0) is 67.0 Å². The molecule has 1 fully saturated rings. The SMILES string of the molecule is COc1cc2c(c(OC)c1OC)-c1ccc(OC(=O)C3CCN(C(C)=O)CC3)cc1CCC2. The Kier molecular flexibility index (Phi) is 6.77. The number of likely N-dealkylation sites (tertiary alicyclic amines) is 1. The molecule has 33 heavy (non-hydrogen) atoms. The van der Waals surface area contributed by atoms with Crippen molar-refractivity contribution < 1.29 is 28.5 Å². The molecule has 0 radical (unpaired) electrons. The molecule has 2 aromatic rings. The standard InChI is InChI=1S/C26H31NO6/c1-16(28)27-12-10-17(11-13-27)26(29)33-20-8-9-21-18(14-20)6-5-7-19-15-22(30-2)24(31-3)25(32-4)23(19)21/h8-9,14-15,17H,5-7,10-13H2,1-4H3. The highest BCUT2D eigenvalue weighted by molar-refractivity contribution is 5.83. The van der Waals surface area contributed by atoms with Crippen LogP contribution in [0.15, 0.2) is 24.3 Å². The van der Waals surface area contributed by atoms with Crippen molar-refractivity contribution in [2.75, 3.05) is 34.4 Å². The average Bonchev–Trinajstić information content (AvgIpc) is 3.01. The molecule has 0 aromatic heterocycles. The van der Waals surface area contributed by atoms with Crippen molar-refractivity contribution in [2.24, 2.45) is 5.92 Å². The molecule has 0 saturated carbocycles. The van der Waals surface area contributed by atoms with Gasteiger partial charge in [0.05, 0.1) is 27.2 Å². The number of amides is 1. The van der Waals surface area contributed by atoms with Gasteiger partial charge in [-0.25, -0.2) is 0 Å². The van der Waals surface area contributed by atoms with Crippen LogP contribution in [0.5, 0.6) is 23.0 Å². The van der Waals surface area contributed by atoms with E-state index in [4.69, 9.17) is 18.9 Å². The first-order valence-corrected chi connectivity index (χ1v) is 11.4. The quantitative estimate of drug-likeness (QED) is 0.503. The fourth-order valence-electron chi connectivity index (χ4n) is 4.88. The van der Waals surface area contributed by atoms with Crippen molar-refractivity contribution in [1.29, 1.82) is 0 Å². The fourth-order valence-corrected chi connectivity index (χ4v) is 4.88. The Bertz CT molecular complexity index is 1060. The van der Waals surface area contributed by atoms with E-state index in [0.29, 0.717) is 48.9 Å². The van der Waals surface area contributed by atoms with Crippen molar-refractivity contribution in [1.82, 2.24) is 4.90 Å². The monoisotopic (exact) mass is 453 g/mol. The van der Waals surface area contributed by atoms with Crippen LogP contribution in [-0.4, -0.2) is 51.2 Å². The predicted molar refractivity (Wildman–Crippen MR) is 124 cm³/mol. The molecule has 1 heterocycles. The third-order valence-electron chi connectivity index (χ3n) is 6.64. The molecule has 1 aliphatic heterocycles. The van der Waals surface area contributed by atoms with Gasteiger partial charge in [0.2, 0.25) is 11.7 Å². The maximum Gasteiger partial charge on any atom is 0.314 e. The minimum absolute atomic E-state index is 0.0533. The summed E-state index contributed by atoms with van der Waals surface area (Å²) in [6.45, 7) is 2.76. The van der Waals surface area contributed by atoms with Crippen molar-refractivity contribution in [3.8, 4) is 34.1 Å². The molecule has 1 saturated heterocycles. The van der Waals surface area contributed by atoms with Gasteiger partial charge in [-0.3, -0.25) is 9.59 Å². The second-order valence-corrected chi connectivity index (χ2v) is 8.55. The first kappa shape index (κ1) is 23.0. The van der Waals surface area contributed by atoms with Gasteiger partial charge in [0, 0.05) is 25.6 Å². The summed E-state index contributed by atoms with van der Waals surface area (Å²) in [5.74, 6) is 2.06. The largest absolute Gasteiger partial charge is 0.493 e. The summed E-state index contributed by atoms with van der Waals surface area (Å²) in [4.78, 5) is 26.1. The van der Waals surface area contributed by atoms with E-state index in [2.05, 4.69) is 0 Å². The number of aryl methyl sites for hydroxylation is 2. The number of rotatable bonds is 5. The average molecular weight is 454 g/mol. The highest BCUT2D eigenvalue weighted by Crippen LogP contribution is 2.49. The number of hydrogen-bond donors (Lipinski definition) is 0. The summed E-state index contributed by atoms with van der Waals surface area (Å²) >= 11 is 0. The summed E-state index contributed by atoms with van der Waals surface area (Å²) in [7, 11) is 4.86. The molecule has 0 N–H and O–H groups in total. The molecule has 0 atom stereocenters. The topological polar surface area (TPSA) is 74.3 Å². The third-order valence-corrected chi connectivity index (χ3v) is 6.64. The Balaban J connectivity index is 1.61. The van der Waals surface area contributed by atoms with E-state index in [1.807, 2.05) is 24.3 Å². The highest BCUT2D eigenvalue weighted by atomic mass is 16.5. The highest BCUT2D eigenvalue weighted by Gasteiger charge is 2.29. The Morgan fingerprint density at radius 3 is 2.24 bits per heavy atom. The van der Waals surface area contributed by atoms with Crippen LogP contribution < -0.4 is 18.9 Å². The van der Waals surface area contributed by atoms with E-state index in [-0.39, 0.29) is 17.8 Å². The van der Waals surface area contributed by atoms with Gasteiger partial charge in [0.25, 0.3) is 0 Å². The number of ether oxygens (including phenoxy) is 4. The smallest absolute Gasteiger partial charge is 0.314 e. The molecular weight excluding hydrogens is 422 g/mol. The number of fused-ring (bicyclic) bond motifs is 3. The normalized spacial score (nSPS) is 15.7. The van der Waals surface area contributed by atoms with Gasteiger partial charge in [-0.1, -0.05) is 6.07 Å². The van der Waals surface area contributed by atoms with Crippen LogP contribution in [0.1, 0.15) is 37.3 Å². The molecular formula is C26H31NO6. The first-order valence-electron chi connectivity index (χ1n) is 11.4. The minimum Gasteiger partial charge on any atom is -0.493 e. The van der Waals surface area contributed by atoms with Crippen LogP contribution in [0.4, 0.5) is 0 Å². The van der Waals surface area contributed by atoms with Crippen LogP contribution >= 0.6 is 0 Å². The van der Waals surface area contributed by atoms with Gasteiger partial charge < -0.3 is 23.8 Å². The Morgan fingerprint density at radius 1 is 0.909 bits per heavy atom. The predicted octanol–water partition coefficient (Wildman–Crippen LogP) is 4.03. The lowest BCUT2D eigenvalue weighted by atomic mass is 9.94. The Hall–Kier alpha value is -3.22. The van der Waals surface area contributed by atoms with Gasteiger partial charge >= 0.3 is 5.97 Å². The maximum atomic E-state index is 12.8. The Morgan fingerprint density at radius 2 is 1.61 bits per heavy atom. The molecule has 1 aliphatic carbocycles. The summed E-state index contributed by atoms with van der Waals surface area (Å²) in [6.07, 6.45) is 3.97. The van der Waals surface area contributed by atoms with E-state index in [0.717, 1.165) is 41.5 Å². The van der Waals surface area contributed by atoms with Crippen molar-refractivity contribution in [3.63, 3.8) is 0 Å². The van der Waals surface area contributed by atoms with E-state index >= 15 is 0 Å². The number of piperidine rings is 1. The minimum atomic E-state index is -0.226. The molecule has 7 nitrogen and oxygen atoms in total. The van der Waals surface area contributed by atoms with Crippen LogP contribution in [-0.2, 0) is 22.4 Å².